The number of benzene rings is 1. The normalized spacial score (nSPS) is 9.89. The zero-order chi connectivity index (χ0) is 13.5. The SMILES string of the molecule is N#CCc1ccnc(NCCc2cccc(Cl)c2)n1. The Kier molecular flexibility index (Phi) is 4.71. The number of rotatable bonds is 5. The first-order valence-electron chi connectivity index (χ1n) is 5.95. The van der Waals surface area contributed by atoms with Crippen molar-refractivity contribution >= 4 is 17.5 Å². The number of nitrogens with zero attached hydrogens (tertiary/aromatic N) is 3. The Morgan fingerprint density at radius 2 is 2.21 bits per heavy atom. The van der Waals surface area contributed by atoms with E-state index in [1.165, 1.54) is 0 Å². The maximum absolute atomic E-state index is 8.62. The third-order valence-corrected chi connectivity index (χ3v) is 2.79. The molecule has 1 aromatic carbocycles. The van der Waals surface area contributed by atoms with Gasteiger partial charge in [-0.05, 0) is 30.2 Å². The van der Waals surface area contributed by atoms with E-state index in [4.69, 9.17) is 16.9 Å². The highest BCUT2D eigenvalue weighted by Gasteiger charge is 1.99. The summed E-state index contributed by atoms with van der Waals surface area (Å²) in [6.07, 6.45) is 2.79. The number of hydrogen-bond donors (Lipinski definition) is 1. The van der Waals surface area contributed by atoms with Crippen molar-refractivity contribution in [1.82, 2.24) is 9.97 Å². The Balaban J connectivity index is 1.89. The van der Waals surface area contributed by atoms with E-state index in [0.29, 0.717) is 12.4 Å². The summed E-state index contributed by atoms with van der Waals surface area (Å²) < 4.78 is 0. The van der Waals surface area contributed by atoms with Crippen LogP contribution in [0.3, 0.4) is 0 Å². The molecule has 1 heterocycles. The van der Waals surface area contributed by atoms with Crippen molar-refractivity contribution in [2.75, 3.05) is 11.9 Å². The van der Waals surface area contributed by atoms with Gasteiger partial charge in [0.1, 0.15) is 0 Å². The molecule has 2 rings (SSSR count). The van der Waals surface area contributed by atoms with Crippen LogP contribution in [0, 0.1) is 11.3 Å². The summed E-state index contributed by atoms with van der Waals surface area (Å²) in [5.41, 5.74) is 1.89. The second kappa shape index (κ2) is 6.72. The molecule has 0 radical (unpaired) electrons. The van der Waals surface area contributed by atoms with Crippen LogP contribution in [0.25, 0.3) is 0 Å². The maximum Gasteiger partial charge on any atom is 0.222 e. The van der Waals surface area contributed by atoms with E-state index in [-0.39, 0.29) is 0 Å². The topological polar surface area (TPSA) is 61.6 Å². The van der Waals surface area contributed by atoms with Gasteiger partial charge in [0.2, 0.25) is 5.95 Å². The Hall–Kier alpha value is -2.12. The Labute approximate surface area is 117 Å². The summed E-state index contributed by atoms with van der Waals surface area (Å²) in [7, 11) is 0. The molecule has 96 valence electrons. The molecule has 0 aliphatic rings. The molecule has 0 spiro atoms. The van der Waals surface area contributed by atoms with Crippen LogP contribution in [0.2, 0.25) is 5.02 Å². The average molecular weight is 273 g/mol. The smallest absolute Gasteiger partial charge is 0.222 e. The third-order valence-electron chi connectivity index (χ3n) is 2.56. The monoisotopic (exact) mass is 272 g/mol. The van der Waals surface area contributed by atoms with Gasteiger partial charge in [0.15, 0.2) is 0 Å². The van der Waals surface area contributed by atoms with E-state index < -0.39 is 0 Å². The van der Waals surface area contributed by atoms with Gasteiger partial charge in [-0.1, -0.05) is 23.7 Å². The van der Waals surface area contributed by atoms with E-state index in [1.54, 1.807) is 12.3 Å². The van der Waals surface area contributed by atoms with Crippen molar-refractivity contribution in [3.05, 3.63) is 52.8 Å². The minimum Gasteiger partial charge on any atom is -0.354 e. The van der Waals surface area contributed by atoms with Crippen LogP contribution in [0.15, 0.2) is 36.5 Å². The molecule has 0 saturated carbocycles. The molecule has 0 amide bonds. The van der Waals surface area contributed by atoms with Crippen molar-refractivity contribution in [3.63, 3.8) is 0 Å². The zero-order valence-electron chi connectivity index (χ0n) is 10.3. The van der Waals surface area contributed by atoms with E-state index in [1.807, 2.05) is 24.3 Å². The largest absolute Gasteiger partial charge is 0.354 e. The van der Waals surface area contributed by atoms with Crippen LogP contribution in [0.5, 0.6) is 0 Å². The van der Waals surface area contributed by atoms with Gasteiger partial charge in [-0.2, -0.15) is 5.26 Å². The molecule has 4 nitrogen and oxygen atoms in total. The molecule has 5 heteroatoms. The van der Waals surface area contributed by atoms with Crippen molar-refractivity contribution < 1.29 is 0 Å². The minimum atomic E-state index is 0.297. The van der Waals surface area contributed by atoms with Crippen molar-refractivity contribution in [1.29, 1.82) is 5.26 Å². The lowest BCUT2D eigenvalue weighted by molar-refractivity contribution is 0.966. The lowest BCUT2D eigenvalue weighted by Crippen LogP contribution is -2.08. The molecule has 1 N–H and O–H groups in total. The van der Waals surface area contributed by atoms with Crippen molar-refractivity contribution in [3.8, 4) is 6.07 Å². The second-order valence-corrected chi connectivity index (χ2v) is 4.45. The number of nitrogens with one attached hydrogen (secondary N) is 1. The fourth-order valence-electron chi connectivity index (χ4n) is 1.67. The standard InChI is InChI=1S/C14H13ClN4/c15-12-3-1-2-11(10-12)5-8-17-14-18-9-6-13(19-14)4-7-16/h1-3,6,9-10H,4-5,8H2,(H,17,18,19). The molecule has 0 saturated heterocycles. The van der Waals surface area contributed by atoms with Gasteiger partial charge >= 0.3 is 0 Å². The van der Waals surface area contributed by atoms with Gasteiger partial charge in [0.05, 0.1) is 18.2 Å². The maximum atomic E-state index is 8.62. The second-order valence-electron chi connectivity index (χ2n) is 4.01. The molecular formula is C14H13ClN4. The number of aromatic nitrogens is 2. The molecular weight excluding hydrogens is 260 g/mol. The molecule has 0 fully saturated rings. The first-order chi connectivity index (χ1) is 9.28. The first kappa shape index (κ1) is 13.3. The Morgan fingerprint density at radius 3 is 3.00 bits per heavy atom. The molecule has 2 aromatic rings. The predicted molar refractivity (Wildman–Crippen MR) is 75.0 cm³/mol. The summed E-state index contributed by atoms with van der Waals surface area (Å²) in [6, 6.07) is 11.6. The Bertz CT molecular complexity index is 592. The van der Waals surface area contributed by atoms with Gasteiger partial charge in [-0.15, -0.1) is 0 Å². The van der Waals surface area contributed by atoms with Crippen molar-refractivity contribution in [2.45, 2.75) is 12.8 Å². The van der Waals surface area contributed by atoms with Gasteiger partial charge in [-0.3, -0.25) is 0 Å². The quantitative estimate of drug-likeness (QED) is 0.909. The Morgan fingerprint density at radius 1 is 1.32 bits per heavy atom. The molecule has 0 aliphatic heterocycles. The van der Waals surface area contributed by atoms with Gasteiger partial charge in [0.25, 0.3) is 0 Å². The minimum absolute atomic E-state index is 0.297. The molecule has 1 aromatic heterocycles. The predicted octanol–water partition coefficient (Wildman–Crippen LogP) is 2.85. The van der Waals surface area contributed by atoms with E-state index in [2.05, 4.69) is 21.4 Å². The lowest BCUT2D eigenvalue weighted by Gasteiger charge is -2.05. The molecule has 0 atom stereocenters. The van der Waals surface area contributed by atoms with Crippen LogP contribution >= 0.6 is 11.6 Å². The summed E-state index contributed by atoms with van der Waals surface area (Å²) in [6.45, 7) is 0.719. The molecule has 19 heavy (non-hydrogen) atoms. The summed E-state index contributed by atoms with van der Waals surface area (Å²) in [4.78, 5) is 8.35. The van der Waals surface area contributed by atoms with E-state index in [9.17, 15) is 0 Å². The van der Waals surface area contributed by atoms with Gasteiger partial charge in [-0.25, -0.2) is 9.97 Å². The fraction of sp³-hybridized carbons (Fsp3) is 0.214. The number of nitriles is 1. The third kappa shape index (κ3) is 4.23. The van der Waals surface area contributed by atoms with Gasteiger partial charge in [0, 0.05) is 17.8 Å². The van der Waals surface area contributed by atoms with E-state index in [0.717, 1.165) is 29.2 Å². The summed E-state index contributed by atoms with van der Waals surface area (Å²) in [5, 5.41) is 12.5. The molecule has 0 aliphatic carbocycles. The van der Waals surface area contributed by atoms with Crippen molar-refractivity contribution in [2.24, 2.45) is 0 Å². The van der Waals surface area contributed by atoms with Crippen LogP contribution in [0.1, 0.15) is 11.3 Å². The fourth-order valence-corrected chi connectivity index (χ4v) is 1.88. The number of anilines is 1. The number of hydrogen-bond acceptors (Lipinski definition) is 4. The summed E-state index contributed by atoms with van der Waals surface area (Å²) in [5.74, 6) is 0.551. The zero-order valence-corrected chi connectivity index (χ0v) is 11.1. The molecule has 0 unspecified atom stereocenters. The first-order valence-corrected chi connectivity index (χ1v) is 6.33. The van der Waals surface area contributed by atoms with Crippen LogP contribution in [0.4, 0.5) is 5.95 Å². The highest BCUT2D eigenvalue weighted by molar-refractivity contribution is 6.30. The van der Waals surface area contributed by atoms with Crippen LogP contribution in [-0.4, -0.2) is 16.5 Å². The van der Waals surface area contributed by atoms with Crippen LogP contribution < -0.4 is 5.32 Å². The summed E-state index contributed by atoms with van der Waals surface area (Å²) >= 11 is 5.92. The lowest BCUT2D eigenvalue weighted by atomic mass is 10.1. The number of halogens is 1. The van der Waals surface area contributed by atoms with Gasteiger partial charge < -0.3 is 5.32 Å². The highest BCUT2D eigenvalue weighted by atomic mass is 35.5. The molecule has 0 bridgehead atoms. The van der Waals surface area contributed by atoms with E-state index >= 15 is 0 Å². The van der Waals surface area contributed by atoms with Crippen LogP contribution in [-0.2, 0) is 12.8 Å². The highest BCUT2D eigenvalue weighted by Crippen LogP contribution is 2.11. The average Bonchev–Trinajstić information content (AvgIpc) is 2.40.